The number of carbonyl (C=O) groups is 4. The first-order valence-corrected chi connectivity index (χ1v) is 44.6. The van der Waals surface area contributed by atoms with Crippen LogP contribution in [0.3, 0.4) is 0 Å². The summed E-state index contributed by atoms with van der Waals surface area (Å²) in [7, 11) is -9.93. The lowest BCUT2D eigenvalue weighted by Gasteiger charge is -2.21. The van der Waals surface area contributed by atoms with Crippen molar-refractivity contribution in [3.63, 3.8) is 0 Å². The fraction of sp³-hybridized carbons (Fsp3) is 0.901. The summed E-state index contributed by atoms with van der Waals surface area (Å²) in [6.45, 7) is 4.96. The van der Waals surface area contributed by atoms with Crippen LogP contribution in [0.1, 0.15) is 413 Å². The molecule has 0 aromatic heterocycles. The minimum Gasteiger partial charge on any atom is -0.462 e. The summed E-state index contributed by atoms with van der Waals surface area (Å²) in [5.41, 5.74) is 0. The lowest BCUT2D eigenvalue weighted by atomic mass is 10.0. The number of hydrogen-bond acceptors (Lipinski definition) is 15. The van der Waals surface area contributed by atoms with Crippen molar-refractivity contribution >= 4 is 39.5 Å². The second-order valence-corrected chi connectivity index (χ2v) is 31.4. The first-order chi connectivity index (χ1) is 48.7. The minimum atomic E-state index is -4.97. The predicted molar refractivity (Wildman–Crippen MR) is 409 cm³/mol. The van der Waals surface area contributed by atoms with E-state index >= 15 is 0 Å². The molecule has 0 amide bonds. The SMILES string of the molecule is CCCCC/C=C\C/C=C\CCCCCCCC(=O)O[C@H](COC(=O)CCCCCCCCCCCCCCCCCCC)COP(=O)(O)OC[C@@H](O)COP(=O)(O)OC[C@@H](COC(=O)CCCCCCCCCCCCCCC)OC(=O)CCCCCCCCCCCCCCCCC. The molecule has 0 rings (SSSR count). The summed E-state index contributed by atoms with van der Waals surface area (Å²) in [5, 5.41) is 10.6. The van der Waals surface area contributed by atoms with E-state index in [1.54, 1.807) is 0 Å². The Bertz CT molecular complexity index is 1990. The van der Waals surface area contributed by atoms with Gasteiger partial charge in [0.1, 0.15) is 19.3 Å². The van der Waals surface area contributed by atoms with E-state index in [-0.39, 0.29) is 25.7 Å². The third-order valence-corrected chi connectivity index (χ3v) is 20.4. The summed E-state index contributed by atoms with van der Waals surface area (Å²) in [6.07, 6.45) is 70.0. The third-order valence-electron chi connectivity index (χ3n) is 18.4. The monoisotopic (exact) mass is 1460 g/mol. The highest BCUT2D eigenvalue weighted by atomic mass is 31.2. The standard InChI is InChI=1S/C81H154O17P2/c1-5-9-13-17-21-25-29-33-36-37-40-42-46-50-54-58-62-66-79(84)92-72-77(98-81(86)68-64-60-56-52-48-44-39-35-31-27-23-19-15-11-7-3)74-96-100(89,90)94-70-75(82)69-93-99(87,88)95-73-76(71-91-78(83)65-61-57-53-49-45-41-32-28-24-20-16-12-8-4)97-80(85)67-63-59-55-51-47-43-38-34-30-26-22-18-14-10-6-2/h23,27,35,39,75-77,82H,5-22,24-26,28-34,36-38,40-74H2,1-4H3,(H,87,88)(H,89,90)/b27-23-,39-35-/t75-,76+,77+/m0/s1. The van der Waals surface area contributed by atoms with Crippen LogP contribution in [0.5, 0.6) is 0 Å². The van der Waals surface area contributed by atoms with Crippen molar-refractivity contribution in [2.45, 2.75) is 431 Å². The van der Waals surface area contributed by atoms with Crippen LogP contribution in [0, 0.1) is 0 Å². The summed E-state index contributed by atoms with van der Waals surface area (Å²) in [4.78, 5) is 73.0. The van der Waals surface area contributed by atoms with Gasteiger partial charge in [-0.3, -0.25) is 37.3 Å². The molecule has 0 heterocycles. The molecule has 0 radical (unpaired) electrons. The Labute approximate surface area is 612 Å². The fourth-order valence-electron chi connectivity index (χ4n) is 12.1. The van der Waals surface area contributed by atoms with Crippen molar-refractivity contribution in [3.05, 3.63) is 24.3 Å². The molecule has 0 spiro atoms. The normalized spacial score (nSPS) is 13.9. The second kappa shape index (κ2) is 74.8. The van der Waals surface area contributed by atoms with Gasteiger partial charge in [-0.05, 0) is 57.8 Å². The third kappa shape index (κ3) is 73.8. The van der Waals surface area contributed by atoms with E-state index in [1.807, 2.05) is 0 Å². The number of esters is 4. The maximum Gasteiger partial charge on any atom is 0.472 e. The zero-order chi connectivity index (χ0) is 73.2. The molecule has 0 saturated heterocycles. The summed E-state index contributed by atoms with van der Waals surface area (Å²) < 4.78 is 68.7. The van der Waals surface area contributed by atoms with E-state index in [0.717, 1.165) is 109 Å². The number of aliphatic hydroxyl groups excluding tert-OH is 1. The summed E-state index contributed by atoms with van der Waals surface area (Å²) >= 11 is 0. The Kier molecular flexibility index (Phi) is 73.0. The van der Waals surface area contributed by atoms with E-state index in [2.05, 4.69) is 52.0 Å². The number of allylic oxidation sites excluding steroid dienone is 4. The molecule has 0 bridgehead atoms. The minimum absolute atomic E-state index is 0.0878. The molecule has 0 aromatic carbocycles. The molecule has 19 heteroatoms. The molecule has 3 N–H and O–H groups in total. The van der Waals surface area contributed by atoms with Crippen LogP contribution < -0.4 is 0 Å². The van der Waals surface area contributed by atoms with Crippen LogP contribution in [-0.4, -0.2) is 96.7 Å². The zero-order valence-corrected chi connectivity index (χ0v) is 66.5. The van der Waals surface area contributed by atoms with E-state index < -0.39 is 97.5 Å². The zero-order valence-electron chi connectivity index (χ0n) is 64.7. The van der Waals surface area contributed by atoms with Crippen LogP contribution >= 0.6 is 15.6 Å². The van der Waals surface area contributed by atoms with Gasteiger partial charge < -0.3 is 33.8 Å². The quantitative estimate of drug-likeness (QED) is 0.0169. The van der Waals surface area contributed by atoms with Crippen molar-refractivity contribution in [1.29, 1.82) is 0 Å². The van der Waals surface area contributed by atoms with Gasteiger partial charge in [-0.15, -0.1) is 0 Å². The van der Waals surface area contributed by atoms with Crippen molar-refractivity contribution < 1.29 is 80.2 Å². The number of hydrogen-bond donors (Lipinski definition) is 3. The van der Waals surface area contributed by atoms with E-state index in [1.165, 1.54) is 225 Å². The summed E-state index contributed by atoms with van der Waals surface area (Å²) in [6, 6.07) is 0. The van der Waals surface area contributed by atoms with Gasteiger partial charge in [0.2, 0.25) is 0 Å². The Morgan fingerprint density at radius 2 is 0.490 bits per heavy atom. The number of phosphoric acid groups is 2. The van der Waals surface area contributed by atoms with Crippen molar-refractivity contribution in [2.75, 3.05) is 39.6 Å². The molecular formula is C81H154O17P2. The maximum atomic E-state index is 13.1. The number of aliphatic hydroxyl groups is 1. The van der Waals surface area contributed by atoms with Gasteiger partial charge >= 0.3 is 39.5 Å². The van der Waals surface area contributed by atoms with Crippen LogP contribution in [0.15, 0.2) is 24.3 Å². The highest BCUT2D eigenvalue weighted by Crippen LogP contribution is 2.45. The van der Waals surface area contributed by atoms with Crippen molar-refractivity contribution in [1.82, 2.24) is 0 Å². The summed E-state index contributed by atoms with van der Waals surface area (Å²) in [5.74, 6) is -2.13. The first kappa shape index (κ1) is 97.5. The van der Waals surface area contributed by atoms with Gasteiger partial charge in [-0.2, -0.15) is 0 Å². The average Bonchev–Trinajstić information content (AvgIpc) is 0.942. The second-order valence-electron chi connectivity index (χ2n) is 28.4. The van der Waals surface area contributed by atoms with Gasteiger partial charge in [-0.25, -0.2) is 9.13 Å². The largest absolute Gasteiger partial charge is 0.472 e. The number of carbonyl (C=O) groups excluding carboxylic acids is 4. The Morgan fingerprint density at radius 3 is 0.760 bits per heavy atom. The Hall–Kier alpha value is -2.46. The van der Waals surface area contributed by atoms with E-state index in [9.17, 15) is 43.2 Å². The fourth-order valence-corrected chi connectivity index (χ4v) is 13.7. The molecule has 0 aliphatic rings. The molecule has 590 valence electrons. The van der Waals surface area contributed by atoms with Gasteiger partial charge in [0.25, 0.3) is 0 Å². The first-order valence-electron chi connectivity index (χ1n) is 41.6. The topological polar surface area (TPSA) is 237 Å². The Balaban J connectivity index is 5.29. The van der Waals surface area contributed by atoms with Crippen LogP contribution in [0.2, 0.25) is 0 Å². The predicted octanol–water partition coefficient (Wildman–Crippen LogP) is 24.1. The number of phosphoric ester groups is 2. The van der Waals surface area contributed by atoms with Crippen molar-refractivity contribution in [3.8, 4) is 0 Å². The van der Waals surface area contributed by atoms with Gasteiger partial charge in [0.15, 0.2) is 12.2 Å². The smallest absolute Gasteiger partial charge is 0.462 e. The maximum absolute atomic E-state index is 13.1. The van der Waals surface area contributed by atoms with Gasteiger partial charge in [-0.1, -0.05) is 354 Å². The van der Waals surface area contributed by atoms with Crippen molar-refractivity contribution in [2.24, 2.45) is 0 Å². The molecule has 5 atom stereocenters. The van der Waals surface area contributed by atoms with Crippen LogP contribution in [0.4, 0.5) is 0 Å². The molecule has 0 aliphatic carbocycles. The molecule has 0 aliphatic heterocycles. The van der Waals surface area contributed by atoms with Gasteiger partial charge in [0.05, 0.1) is 26.4 Å². The lowest BCUT2D eigenvalue weighted by molar-refractivity contribution is -0.161. The Morgan fingerprint density at radius 1 is 0.280 bits per heavy atom. The highest BCUT2D eigenvalue weighted by Gasteiger charge is 2.30. The molecular weight excluding hydrogens is 1310 g/mol. The molecule has 0 fully saturated rings. The average molecular weight is 1460 g/mol. The highest BCUT2D eigenvalue weighted by molar-refractivity contribution is 7.47. The number of unbranched alkanes of at least 4 members (excludes halogenated alkanes) is 50. The van der Waals surface area contributed by atoms with E-state index in [4.69, 9.17) is 37.0 Å². The molecule has 0 saturated carbocycles. The molecule has 2 unspecified atom stereocenters. The number of ether oxygens (including phenoxy) is 4. The van der Waals surface area contributed by atoms with Gasteiger partial charge in [0, 0.05) is 25.7 Å². The van der Waals surface area contributed by atoms with Crippen LogP contribution in [-0.2, 0) is 65.4 Å². The number of rotatable bonds is 80. The molecule has 100 heavy (non-hydrogen) atoms. The molecule has 17 nitrogen and oxygen atoms in total. The molecule has 0 aromatic rings. The lowest BCUT2D eigenvalue weighted by Crippen LogP contribution is -2.30. The van der Waals surface area contributed by atoms with Crippen LogP contribution in [0.25, 0.3) is 0 Å². The van der Waals surface area contributed by atoms with E-state index in [0.29, 0.717) is 25.7 Å².